The molecule has 16 heavy (non-hydrogen) atoms. The molecule has 1 N–H and O–H groups in total. The molecule has 1 unspecified atom stereocenters. The Labute approximate surface area is 101 Å². The third kappa shape index (κ3) is 6.46. The highest BCUT2D eigenvalue weighted by molar-refractivity contribution is 4.82. The van der Waals surface area contributed by atoms with Crippen molar-refractivity contribution < 1.29 is 4.74 Å². The molecule has 0 radical (unpaired) electrons. The van der Waals surface area contributed by atoms with Gasteiger partial charge in [-0.2, -0.15) is 0 Å². The van der Waals surface area contributed by atoms with Crippen molar-refractivity contribution in [1.29, 1.82) is 0 Å². The Morgan fingerprint density at radius 3 is 2.81 bits per heavy atom. The average molecular weight is 228 g/mol. The normalized spacial score (nSPS) is 18.0. The van der Waals surface area contributed by atoms with Crippen LogP contribution in [0.4, 0.5) is 0 Å². The third-order valence-electron chi connectivity index (χ3n) is 3.23. The molecule has 0 heterocycles. The second-order valence-corrected chi connectivity index (χ2v) is 4.89. The topological polar surface area (TPSA) is 24.5 Å². The van der Waals surface area contributed by atoms with Gasteiger partial charge in [-0.1, -0.05) is 6.92 Å². The molecule has 0 saturated heterocycles. The van der Waals surface area contributed by atoms with Gasteiger partial charge in [0.05, 0.1) is 12.7 Å². The van der Waals surface area contributed by atoms with E-state index in [1.165, 1.54) is 25.7 Å². The number of likely N-dealkylation sites (N-methyl/N-ethyl adjacent to an activating group) is 1. The number of rotatable bonds is 10. The quantitative estimate of drug-likeness (QED) is 0.578. The lowest BCUT2D eigenvalue weighted by molar-refractivity contribution is 0.0454. The summed E-state index contributed by atoms with van der Waals surface area (Å²) in [6.07, 6.45) is 5.56. The van der Waals surface area contributed by atoms with Crippen LogP contribution in [0.1, 0.15) is 39.5 Å². The molecule has 1 aliphatic carbocycles. The summed E-state index contributed by atoms with van der Waals surface area (Å²) >= 11 is 0. The largest absolute Gasteiger partial charge is 0.377 e. The van der Waals surface area contributed by atoms with Crippen molar-refractivity contribution in [3.63, 3.8) is 0 Å². The lowest BCUT2D eigenvalue weighted by Crippen LogP contribution is -2.27. The van der Waals surface area contributed by atoms with Crippen molar-refractivity contribution in [3.05, 3.63) is 0 Å². The van der Waals surface area contributed by atoms with E-state index >= 15 is 0 Å². The molecule has 1 atom stereocenters. The lowest BCUT2D eigenvalue weighted by Gasteiger charge is -2.18. The maximum atomic E-state index is 5.80. The van der Waals surface area contributed by atoms with Gasteiger partial charge >= 0.3 is 0 Å². The minimum absolute atomic E-state index is 0.409. The van der Waals surface area contributed by atoms with Gasteiger partial charge in [0, 0.05) is 12.6 Å². The molecule has 1 aliphatic rings. The fourth-order valence-electron chi connectivity index (χ4n) is 1.87. The van der Waals surface area contributed by atoms with E-state index < -0.39 is 0 Å². The van der Waals surface area contributed by atoms with Gasteiger partial charge < -0.3 is 15.0 Å². The van der Waals surface area contributed by atoms with Gasteiger partial charge in [-0.25, -0.2) is 0 Å². The summed E-state index contributed by atoms with van der Waals surface area (Å²) in [4.78, 5) is 2.42. The van der Waals surface area contributed by atoms with Crippen LogP contribution in [0.15, 0.2) is 0 Å². The summed E-state index contributed by atoms with van der Waals surface area (Å²) in [5.41, 5.74) is 0. The van der Waals surface area contributed by atoms with Crippen LogP contribution in [0.2, 0.25) is 0 Å². The molecule has 0 bridgehead atoms. The van der Waals surface area contributed by atoms with E-state index in [1.54, 1.807) is 0 Å². The highest BCUT2D eigenvalue weighted by atomic mass is 16.5. The van der Waals surface area contributed by atoms with Gasteiger partial charge in [-0.05, 0) is 52.7 Å². The van der Waals surface area contributed by atoms with Crippen molar-refractivity contribution in [1.82, 2.24) is 10.2 Å². The molecular weight excluding hydrogens is 200 g/mol. The molecule has 1 rings (SSSR count). The number of nitrogens with zero attached hydrogens (tertiary/aromatic N) is 1. The van der Waals surface area contributed by atoms with Crippen molar-refractivity contribution in [3.8, 4) is 0 Å². The summed E-state index contributed by atoms with van der Waals surface area (Å²) in [5, 5.41) is 3.34. The van der Waals surface area contributed by atoms with Crippen molar-refractivity contribution >= 4 is 0 Å². The van der Waals surface area contributed by atoms with E-state index in [0.717, 1.165) is 32.3 Å². The van der Waals surface area contributed by atoms with Crippen LogP contribution in [0.5, 0.6) is 0 Å². The average Bonchev–Trinajstić information content (AvgIpc) is 3.08. The highest BCUT2D eigenvalue weighted by Gasteiger charge is 2.25. The first-order valence-electron chi connectivity index (χ1n) is 6.76. The van der Waals surface area contributed by atoms with E-state index in [9.17, 15) is 0 Å². The van der Waals surface area contributed by atoms with Gasteiger partial charge in [0.1, 0.15) is 0 Å². The Hall–Kier alpha value is -0.120. The van der Waals surface area contributed by atoms with Crippen molar-refractivity contribution in [2.75, 3.05) is 33.3 Å². The summed E-state index contributed by atoms with van der Waals surface area (Å²) in [7, 11) is 2.21. The van der Waals surface area contributed by atoms with Crippen molar-refractivity contribution in [2.24, 2.45) is 0 Å². The second-order valence-electron chi connectivity index (χ2n) is 4.89. The van der Waals surface area contributed by atoms with Crippen LogP contribution in [0, 0.1) is 0 Å². The first-order chi connectivity index (χ1) is 7.74. The van der Waals surface area contributed by atoms with E-state index in [-0.39, 0.29) is 0 Å². The Morgan fingerprint density at radius 1 is 1.44 bits per heavy atom. The molecule has 0 aromatic carbocycles. The predicted molar refractivity (Wildman–Crippen MR) is 68.8 cm³/mol. The zero-order chi connectivity index (χ0) is 11.8. The van der Waals surface area contributed by atoms with Crippen LogP contribution in [0.3, 0.4) is 0 Å². The van der Waals surface area contributed by atoms with Crippen molar-refractivity contribution in [2.45, 2.75) is 51.7 Å². The Kier molecular flexibility index (Phi) is 7.01. The van der Waals surface area contributed by atoms with E-state index in [2.05, 4.69) is 31.1 Å². The Morgan fingerprint density at radius 2 is 2.19 bits per heavy atom. The molecule has 0 aliphatic heterocycles. The smallest absolute Gasteiger partial charge is 0.0597 e. The van der Waals surface area contributed by atoms with Gasteiger partial charge in [0.25, 0.3) is 0 Å². The van der Waals surface area contributed by atoms with Crippen LogP contribution in [0.25, 0.3) is 0 Å². The molecule has 1 fully saturated rings. The minimum atomic E-state index is 0.409. The minimum Gasteiger partial charge on any atom is -0.377 e. The SMILES string of the molecule is CCNCCCC(C)OCCN(C)C1CC1. The lowest BCUT2D eigenvalue weighted by atomic mass is 10.2. The second kappa shape index (κ2) is 8.04. The van der Waals surface area contributed by atoms with E-state index in [1.807, 2.05) is 0 Å². The fourth-order valence-corrected chi connectivity index (χ4v) is 1.87. The van der Waals surface area contributed by atoms with Gasteiger partial charge in [-0.15, -0.1) is 0 Å². The molecule has 3 nitrogen and oxygen atoms in total. The molecule has 96 valence electrons. The molecule has 0 aromatic heterocycles. The van der Waals surface area contributed by atoms with Gasteiger partial charge in [0.2, 0.25) is 0 Å². The summed E-state index contributed by atoms with van der Waals surface area (Å²) in [5.74, 6) is 0. The molecule has 1 saturated carbocycles. The predicted octanol–water partition coefficient (Wildman–Crippen LogP) is 1.88. The molecular formula is C13H28N2O. The fraction of sp³-hybridized carbons (Fsp3) is 1.00. The van der Waals surface area contributed by atoms with Gasteiger partial charge in [0.15, 0.2) is 0 Å². The number of nitrogens with one attached hydrogen (secondary N) is 1. The summed E-state index contributed by atoms with van der Waals surface area (Å²) < 4.78 is 5.80. The Balaban J connectivity index is 1.87. The number of hydrogen-bond acceptors (Lipinski definition) is 3. The van der Waals surface area contributed by atoms with Gasteiger partial charge in [-0.3, -0.25) is 0 Å². The standard InChI is InChI=1S/C13H28N2O/c1-4-14-9-5-6-12(2)16-11-10-15(3)13-7-8-13/h12-14H,4-11H2,1-3H3. The highest BCUT2D eigenvalue weighted by Crippen LogP contribution is 2.24. The number of ether oxygens (including phenoxy) is 1. The first kappa shape index (κ1) is 13.9. The Bertz CT molecular complexity index is 171. The van der Waals surface area contributed by atoms with Crippen LogP contribution in [-0.2, 0) is 4.74 Å². The third-order valence-corrected chi connectivity index (χ3v) is 3.23. The zero-order valence-corrected chi connectivity index (χ0v) is 11.2. The number of hydrogen-bond donors (Lipinski definition) is 1. The summed E-state index contributed by atoms with van der Waals surface area (Å²) in [6, 6.07) is 0.854. The first-order valence-corrected chi connectivity index (χ1v) is 6.76. The van der Waals surface area contributed by atoms with E-state index in [0.29, 0.717) is 6.10 Å². The maximum Gasteiger partial charge on any atom is 0.0597 e. The van der Waals surface area contributed by atoms with Crippen LogP contribution >= 0.6 is 0 Å². The summed E-state index contributed by atoms with van der Waals surface area (Å²) in [6.45, 7) is 8.49. The van der Waals surface area contributed by atoms with Crippen LogP contribution < -0.4 is 5.32 Å². The molecule has 0 spiro atoms. The molecule has 0 amide bonds. The maximum absolute atomic E-state index is 5.80. The van der Waals surface area contributed by atoms with Crippen LogP contribution in [-0.4, -0.2) is 50.3 Å². The molecule has 0 aromatic rings. The molecule has 3 heteroatoms. The zero-order valence-electron chi connectivity index (χ0n) is 11.2. The monoisotopic (exact) mass is 228 g/mol. The van der Waals surface area contributed by atoms with E-state index in [4.69, 9.17) is 4.74 Å².